The molecule has 0 saturated carbocycles. The van der Waals surface area contributed by atoms with Gasteiger partial charge in [0, 0.05) is 44.6 Å². The minimum atomic E-state index is -4.92. The average molecular weight is 494 g/mol. The summed E-state index contributed by atoms with van der Waals surface area (Å²) in [6.07, 6.45) is -3.82. The molecule has 8 nitrogen and oxygen atoms in total. The van der Waals surface area contributed by atoms with Crippen LogP contribution in [0.25, 0.3) is 0 Å². The number of oxime groups is 1. The largest absolute Gasteiger partial charge is 0.573 e. The molecule has 2 heterocycles. The quantitative estimate of drug-likeness (QED) is 0.490. The molecule has 1 aliphatic rings. The first-order chi connectivity index (χ1) is 15.0. The molecule has 1 aliphatic heterocycles. The highest BCUT2D eigenvalue weighted by molar-refractivity contribution is 7.91. The van der Waals surface area contributed by atoms with Gasteiger partial charge >= 0.3 is 6.36 Å². The fourth-order valence-corrected chi connectivity index (χ4v) is 4.56. The second-order valence-electron chi connectivity index (χ2n) is 6.92. The molecule has 1 atom stereocenters. The van der Waals surface area contributed by atoms with Gasteiger partial charge in [0.25, 0.3) is 11.0 Å². The molecular weight excluding hydrogens is 475 g/mol. The molecular formula is C19H19ClF3N3O5S. The summed E-state index contributed by atoms with van der Waals surface area (Å²) < 4.78 is 68.6. The first-order valence-electron chi connectivity index (χ1n) is 9.36. The molecule has 1 N–H and O–H groups in total. The molecule has 0 aliphatic carbocycles. The van der Waals surface area contributed by atoms with Gasteiger partial charge in [0.1, 0.15) is 10.9 Å². The van der Waals surface area contributed by atoms with E-state index in [1.165, 1.54) is 13.1 Å². The Kier molecular flexibility index (Phi) is 7.16. The lowest BCUT2D eigenvalue weighted by molar-refractivity contribution is -0.274. The standard InChI is InChI=1S/C19H19ClF3N3O5S/c1-26-16(20)10-12(11-17(26)27)18(31-25-13-6-8-24-9-7-13)32(28,29)15-4-2-14(3-5-15)30-19(21,22)23/h2-5,10-11,18,24H,6-9H2,1H3. The number of rotatable bonds is 6. The maximum atomic E-state index is 13.3. The van der Waals surface area contributed by atoms with Crippen LogP contribution in [0.3, 0.4) is 0 Å². The molecule has 32 heavy (non-hydrogen) atoms. The van der Waals surface area contributed by atoms with Crippen molar-refractivity contribution in [3.8, 4) is 5.75 Å². The number of hydrogen-bond donors (Lipinski definition) is 1. The molecule has 0 spiro atoms. The van der Waals surface area contributed by atoms with Crippen molar-refractivity contribution in [3.63, 3.8) is 0 Å². The highest BCUT2D eigenvalue weighted by atomic mass is 35.5. The summed E-state index contributed by atoms with van der Waals surface area (Å²) >= 11 is 6.04. The van der Waals surface area contributed by atoms with Gasteiger partial charge in [0.05, 0.1) is 10.6 Å². The van der Waals surface area contributed by atoms with E-state index >= 15 is 0 Å². The van der Waals surface area contributed by atoms with Crippen molar-refractivity contribution in [2.75, 3.05) is 13.1 Å². The van der Waals surface area contributed by atoms with Crippen LogP contribution in [-0.2, 0) is 21.7 Å². The normalized spacial score (nSPS) is 15.8. The van der Waals surface area contributed by atoms with E-state index in [-0.39, 0.29) is 15.6 Å². The van der Waals surface area contributed by atoms with Crippen LogP contribution in [-0.4, -0.2) is 38.1 Å². The van der Waals surface area contributed by atoms with Crippen LogP contribution in [0.4, 0.5) is 13.2 Å². The first-order valence-corrected chi connectivity index (χ1v) is 11.3. The lowest BCUT2D eigenvalue weighted by atomic mass is 10.1. The van der Waals surface area contributed by atoms with Crippen molar-refractivity contribution in [3.05, 3.63) is 57.5 Å². The number of aromatic nitrogens is 1. The van der Waals surface area contributed by atoms with Crippen LogP contribution in [0.1, 0.15) is 23.8 Å². The monoisotopic (exact) mass is 493 g/mol. The molecule has 2 aromatic rings. The van der Waals surface area contributed by atoms with E-state index in [1.54, 1.807) is 0 Å². The third-order valence-electron chi connectivity index (χ3n) is 4.63. The summed E-state index contributed by atoms with van der Waals surface area (Å²) in [6, 6.07) is 5.95. The molecule has 1 aromatic carbocycles. The second kappa shape index (κ2) is 9.51. The first kappa shape index (κ1) is 24.1. The zero-order valence-electron chi connectivity index (χ0n) is 16.7. The SMILES string of the molecule is Cn1c(Cl)cc(C(ON=C2CCNCC2)S(=O)(=O)c2ccc(OC(F)(F)F)cc2)cc1=O. The van der Waals surface area contributed by atoms with Crippen molar-refractivity contribution >= 4 is 27.1 Å². The Hall–Kier alpha value is -2.57. The fraction of sp³-hybridized carbons (Fsp3) is 0.368. The van der Waals surface area contributed by atoms with Crippen molar-refractivity contribution in [1.82, 2.24) is 9.88 Å². The minimum absolute atomic E-state index is 0.0280. The molecule has 13 heteroatoms. The summed E-state index contributed by atoms with van der Waals surface area (Å²) in [5.74, 6) is -0.583. The van der Waals surface area contributed by atoms with E-state index in [9.17, 15) is 26.4 Å². The van der Waals surface area contributed by atoms with Crippen molar-refractivity contribution in [2.45, 2.75) is 29.5 Å². The highest BCUT2D eigenvalue weighted by Gasteiger charge is 2.34. The molecule has 174 valence electrons. The van der Waals surface area contributed by atoms with Gasteiger partial charge in [-0.2, -0.15) is 0 Å². The summed E-state index contributed by atoms with van der Waals surface area (Å²) in [6.45, 7) is 1.30. The molecule has 0 amide bonds. The van der Waals surface area contributed by atoms with Gasteiger partial charge in [0.2, 0.25) is 9.84 Å². The van der Waals surface area contributed by atoms with Gasteiger partial charge in [-0.1, -0.05) is 16.8 Å². The van der Waals surface area contributed by atoms with Crippen LogP contribution in [0.2, 0.25) is 5.15 Å². The second-order valence-corrected chi connectivity index (χ2v) is 9.29. The summed E-state index contributed by atoms with van der Waals surface area (Å²) in [4.78, 5) is 17.2. The van der Waals surface area contributed by atoms with E-state index in [1.807, 2.05) is 0 Å². The smallest absolute Gasteiger partial charge is 0.406 e. The van der Waals surface area contributed by atoms with Gasteiger partial charge < -0.3 is 19.5 Å². The number of hydrogen-bond acceptors (Lipinski definition) is 7. The molecule has 0 radical (unpaired) electrons. The van der Waals surface area contributed by atoms with Crippen molar-refractivity contribution in [2.24, 2.45) is 12.2 Å². The number of pyridine rings is 1. The maximum absolute atomic E-state index is 13.3. The van der Waals surface area contributed by atoms with E-state index in [0.717, 1.165) is 34.9 Å². The number of ether oxygens (including phenoxy) is 1. The predicted molar refractivity (Wildman–Crippen MR) is 110 cm³/mol. The molecule has 1 fully saturated rings. The Morgan fingerprint density at radius 2 is 1.78 bits per heavy atom. The molecule has 0 bridgehead atoms. The Labute approximate surface area is 186 Å². The zero-order valence-corrected chi connectivity index (χ0v) is 18.3. The predicted octanol–water partition coefficient (Wildman–Crippen LogP) is 3.17. The van der Waals surface area contributed by atoms with Gasteiger partial charge in [-0.25, -0.2) is 8.42 Å². The molecule has 3 rings (SSSR count). The van der Waals surface area contributed by atoms with Crippen LogP contribution < -0.4 is 15.6 Å². The molecule has 1 saturated heterocycles. The summed E-state index contributed by atoms with van der Waals surface area (Å²) in [7, 11) is -2.94. The molecule has 1 unspecified atom stereocenters. The number of sulfone groups is 1. The Morgan fingerprint density at radius 1 is 1.16 bits per heavy atom. The fourth-order valence-electron chi connectivity index (χ4n) is 2.94. The lowest BCUT2D eigenvalue weighted by Gasteiger charge is -2.19. The number of halogens is 4. The van der Waals surface area contributed by atoms with Crippen LogP contribution in [0, 0.1) is 0 Å². The van der Waals surface area contributed by atoms with Gasteiger partial charge in [-0.3, -0.25) is 4.79 Å². The van der Waals surface area contributed by atoms with Crippen molar-refractivity contribution in [1.29, 1.82) is 0 Å². The van der Waals surface area contributed by atoms with Gasteiger partial charge in [0.15, 0.2) is 0 Å². The number of nitrogens with zero attached hydrogens (tertiary/aromatic N) is 2. The Morgan fingerprint density at radius 3 is 2.34 bits per heavy atom. The lowest BCUT2D eigenvalue weighted by Crippen LogP contribution is -2.28. The summed E-state index contributed by atoms with van der Waals surface area (Å²) in [5, 5.41) is 7.07. The van der Waals surface area contributed by atoms with E-state index in [4.69, 9.17) is 16.4 Å². The summed E-state index contributed by atoms with van der Waals surface area (Å²) in [5.41, 5.74) is -1.75. The third kappa shape index (κ3) is 5.81. The number of nitrogens with one attached hydrogen (secondary N) is 1. The third-order valence-corrected chi connectivity index (χ3v) is 6.84. The van der Waals surface area contributed by atoms with E-state index in [2.05, 4.69) is 15.2 Å². The number of benzene rings is 1. The minimum Gasteiger partial charge on any atom is -0.406 e. The van der Waals surface area contributed by atoms with Crippen molar-refractivity contribution < 1.29 is 31.2 Å². The van der Waals surface area contributed by atoms with E-state index in [0.29, 0.717) is 31.6 Å². The van der Waals surface area contributed by atoms with Crippen LogP contribution in [0.15, 0.2) is 51.2 Å². The highest BCUT2D eigenvalue weighted by Crippen LogP contribution is 2.33. The van der Waals surface area contributed by atoms with E-state index < -0.39 is 32.9 Å². The van der Waals surface area contributed by atoms with Gasteiger partial charge in [-0.15, -0.1) is 13.2 Å². The Balaban J connectivity index is 2.00. The van der Waals surface area contributed by atoms with Crippen LogP contribution >= 0.6 is 11.6 Å². The number of alkyl halides is 3. The average Bonchev–Trinajstić information content (AvgIpc) is 2.72. The number of piperidine rings is 1. The maximum Gasteiger partial charge on any atom is 0.573 e. The topological polar surface area (TPSA) is 99.0 Å². The zero-order chi connectivity index (χ0) is 23.5. The Bertz CT molecular complexity index is 1160. The van der Waals surface area contributed by atoms with Crippen LogP contribution in [0.5, 0.6) is 5.75 Å². The van der Waals surface area contributed by atoms with Gasteiger partial charge in [-0.05, 0) is 30.3 Å². The molecule has 1 aromatic heterocycles.